The minimum atomic E-state index is -0.973. The predicted octanol–water partition coefficient (Wildman–Crippen LogP) is 1.87. The summed E-state index contributed by atoms with van der Waals surface area (Å²) in [6, 6.07) is 4.99. The number of amides is 1. The Labute approximate surface area is 116 Å². The van der Waals surface area contributed by atoms with Gasteiger partial charge in [-0.15, -0.1) is 0 Å². The molecule has 0 heterocycles. The molecule has 0 spiro atoms. The van der Waals surface area contributed by atoms with Gasteiger partial charge in [0.25, 0.3) is 5.91 Å². The number of hydrogen-bond acceptors (Lipinski definition) is 3. The molecule has 1 atom stereocenters. The second-order valence-electron chi connectivity index (χ2n) is 4.13. The third kappa shape index (κ3) is 4.89. The minimum Gasteiger partial charge on any atom is -0.481 e. The average molecular weight is 286 g/mol. The monoisotopic (exact) mass is 285 g/mol. The summed E-state index contributed by atoms with van der Waals surface area (Å²) in [6.07, 6.45) is -0.715. The molecule has 0 aliphatic heterocycles. The Morgan fingerprint density at radius 3 is 2.68 bits per heavy atom. The van der Waals surface area contributed by atoms with E-state index in [0.717, 1.165) is 5.56 Å². The van der Waals surface area contributed by atoms with Gasteiger partial charge in [0.15, 0.2) is 0 Å². The van der Waals surface area contributed by atoms with Crippen LogP contribution in [0.2, 0.25) is 5.02 Å². The number of aryl methyl sites for hydroxylation is 1. The lowest BCUT2D eigenvalue weighted by Crippen LogP contribution is -2.34. The molecule has 0 radical (unpaired) electrons. The van der Waals surface area contributed by atoms with E-state index in [-0.39, 0.29) is 18.9 Å². The number of rotatable bonds is 6. The molecule has 0 aliphatic rings. The van der Waals surface area contributed by atoms with E-state index in [2.05, 4.69) is 5.32 Å². The number of methoxy groups -OCH3 is 1. The van der Waals surface area contributed by atoms with Gasteiger partial charge in [-0.05, 0) is 24.6 Å². The third-order valence-electron chi connectivity index (χ3n) is 2.66. The summed E-state index contributed by atoms with van der Waals surface area (Å²) in [6.45, 7) is 1.98. The van der Waals surface area contributed by atoms with Crippen LogP contribution in [-0.2, 0) is 9.53 Å². The maximum Gasteiger partial charge on any atom is 0.306 e. The third-order valence-corrected chi connectivity index (χ3v) is 3.07. The second-order valence-corrected chi connectivity index (χ2v) is 4.54. The van der Waals surface area contributed by atoms with Gasteiger partial charge in [-0.3, -0.25) is 9.59 Å². The fourth-order valence-electron chi connectivity index (χ4n) is 1.48. The highest BCUT2D eigenvalue weighted by molar-refractivity contribution is 6.31. The lowest BCUT2D eigenvalue weighted by atomic mass is 10.1. The topological polar surface area (TPSA) is 75.6 Å². The van der Waals surface area contributed by atoms with Gasteiger partial charge in [0.2, 0.25) is 0 Å². The normalized spacial score (nSPS) is 11.9. The summed E-state index contributed by atoms with van der Waals surface area (Å²) >= 11 is 5.93. The first kappa shape index (κ1) is 15.5. The van der Waals surface area contributed by atoms with Gasteiger partial charge < -0.3 is 15.2 Å². The lowest BCUT2D eigenvalue weighted by molar-refractivity contribution is -0.139. The largest absolute Gasteiger partial charge is 0.481 e. The van der Waals surface area contributed by atoms with E-state index in [1.807, 2.05) is 6.92 Å². The van der Waals surface area contributed by atoms with Gasteiger partial charge in [-0.2, -0.15) is 0 Å². The number of carboxylic acid groups (broad SMARTS) is 1. The Morgan fingerprint density at radius 2 is 2.16 bits per heavy atom. The molecule has 5 nitrogen and oxygen atoms in total. The zero-order chi connectivity index (χ0) is 14.4. The van der Waals surface area contributed by atoms with Gasteiger partial charge in [0.1, 0.15) is 0 Å². The molecule has 1 aromatic rings. The molecule has 6 heteroatoms. The first-order valence-electron chi connectivity index (χ1n) is 5.73. The zero-order valence-electron chi connectivity index (χ0n) is 10.8. The SMILES string of the molecule is COC(CNC(=O)c1ccc(C)c(Cl)c1)CC(=O)O. The van der Waals surface area contributed by atoms with E-state index in [1.165, 1.54) is 7.11 Å². The van der Waals surface area contributed by atoms with E-state index < -0.39 is 12.1 Å². The molecule has 0 aliphatic carbocycles. The van der Waals surface area contributed by atoms with Crippen molar-refractivity contribution in [2.24, 2.45) is 0 Å². The van der Waals surface area contributed by atoms with E-state index in [1.54, 1.807) is 18.2 Å². The Kier molecular flexibility index (Phi) is 5.79. The van der Waals surface area contributed by atoms with Crippen LogP contribution >= 0.6 is 11.6 Å². The summed E-state index contributed by atoms with van der Waals surface area (Å²) < 4.78 is 4.97. The van der Waals surface area contributed by atoms with Gasteiger partial charge in [-0.25, -0.2) is 0 Å². The summed E-state index contributed by atoms with van der Waals surface area (Å²) in [4.78, 5) is 22.4. The summed E-state index contributed by atoms with van der Waals surface area (Å²) in [5.41, 5.74) is 1.32. The Morgan fingerprint density at radius 1 is 1.47 bits per heavy atom. The van der Waals surface area contributed by atoms with Crippen molar-refractivity contribution < 1.29 is 19.4 Å². The predicted molar refractivity (Wildman–Crippen MR) is 71.6 cm³/mol. The molecule has 2 N–H and O–H groups in total. The van der Waals surface area contributed by atoms with Crippen LogP contribution in [0.25, 0.3) is 0 Å². The molecule has 1 rings (SSSR count). The summed E-state index contributed by atoms with van der Waals surface area (Å²) in [5.74, 6) is -1.28. The highest BCUT2D eigenvalue weighted by Gasteiger charge is 2.14. The van der Waals surface area contributed by atoms with Crippen molar-refractivity contribution in [3.8, 4) is 0 Å². The molecular formula is C13H16ClNO4. The lowest BCUT2D eigenvalue weighted by Gasteiger charge is -2.14. The average Bonchev–Trinajstić information content (AvgIpc) is 2.36. The molecule has 1 amide bonds. The molecule has 0 aromatic heterocycles. The number of hydrogen-bond donors (Lipinski definition) is 2. The van der Waals surface area contributed by atoms with Crippen LogP contribution < -0.4 is 5.32 Å². The molecule has 104 valence electrons. The van der Waals surface area contributed by atoms with Crippen LogP contribution in [0, 0.1) is 6.92 Å². The van der Waals surface area contributed by atoms with Crippen LogP contribution in [0.1, 0.15) is 22.3 Å². The van der Waals surface area contributed by atoms with Crippen molar-refractivity contribution in [1.29, 1.82) is 0 Å². The standard InChI is InChI=1S/C13H16ClNO4/c1-8-3-4-9(5-11(8)14)13(18)15-7-10(19-2)6-12(16)17/h3-5,10H,6-7H2,1-2H3,(H,15,18)(H,16,17). The van der Waals surface area contributed by atoms with Crippen molar-refractivity contribution in [2.45, 2.75) is 19.4 Å². The second kappa shape index (κ2) is 7.11. The number of carbonyl (C=O) groups is 2. The number of aliphatic carboxylic acids is 1. The maximum absolute atomic E-state index is 11.8. The number of carboxylic acids is 1. The number of benzene rings is 1. The maximum atomic E-state index is 11.8. The van der Waals surface area contributed by atoms with E-state index in [4.69, 9.17) is 21.4 Å². The van der Waals surface area contributed by atoms with Crippen LogP contribution in [0.3, 0.4) is 0 Å². The Bertz CT molecular complexity index is 476. The fraction of sp³-hybridized carbons (Fsp3) is 0.385. The van der Waals surface area contributed by atoms with E-state index in [9.17, 15) is 9.59 Å². The molecule has 0 fully saturated rings. The van der Waals surface area contributed by atoms with Crippen molar-refractivity contribution in [2.75, 3.05) is 13.7 Å². The molecular weight excluding hydrogens is 270 g/mol. The van der Waals surface area contributed by atoms with Crippen molar-refractivity contribution in [3.05, 3.63) is 34.3 Å². The minimum absolute atomic E-state index is 0.132. The van der Waals surface area contributed by atoms with Crippen LogP contribution in [-0.4, -0.2) is 36.7 Å². The molecule has 0 bridgehead atoms. The van der Waals surface area contributed by atoms with Gasteiger partial charge in [0.05, 0.1) is 12.5 Å². The molecule has 1 unspecified atom stereocenters. The summed E-state index contributed by atoms with van der Waals surface area (Å²) in [5, 5.41) is 11.8. The van der Waals surface area contributed by atoms with Crippen LogP contribution in [0.5, 0.6) is 0 Å². The van der Waals surface area contributed by atoms with E-state index in [0.29, 0.717) is 10.6 Å². The van der Waals surface area contributed by atoms with Crippen molar-refractivity contribution in [1.82, 2.24) is 5.32 Å². The highest BCUT2D eigenvalue weighted by Crippen LogP contribution is 2.16. The zero-order valence-corrected chi connectivity index (χ0v) is 11.5. The quantitative estimate of drug-likeness (QED) is 0.836. The van der Waals surface area contributed by atoms with E-state index >= 15 is 0 Å². The summed E-state index contributed by atoms with van der Waals surface area (Å²) in [7, 11) is 1.41. The number of halogens is 1. The number of ether oxygens (including phenoxy) is 1. The van der Waals surface area contributed by atoms with Crippen molar-refractivity contribution >= 4 is 23.5 Å². The molecule has 19 heavy (non-hydrogen) atoms. The van der Waals surface area contributed by atoms with Crippen LogP contribution in [0.4, 0.5) is 0 Å². The number of carbonyl (C=O) groups excluding carboxylic acids is 1. The first-order chi connectivity index (χ1) is 8.93. The molecule has 0 saturated carbocycles. The van der Waals surface area contributed by atoms with Crippen LogP contribution in [0.15, 0.2) is 18.2 Å². The number of nitrogens with one attached hydrogen (secondary N) is 1. The highest BCUT2D eigenvalue weighted by atomic mass is 35.5. The van der Waals surface area contributed by atoms with Crippen molar-refractivity contribution in [3.63, 3.8) is 0 Å². The fourth-order valence-corrected chi connectivity index (χ4v) is 1.66. The smallest absolute Gasteiger partial charge is 0.306 e. The van der Waals surface area contributed by atoms with Gasteiger partial charge >= 0.3 is 5.97 Å². The molecule has 0 saturated heterocycles. The first-order valence-corrected chi connectivity index (χ1v) is 6.10. The Balaban J connectivity index is 2.59. The molecule has 1 aromatic carbocycles. The van der Waals surface area contributed by atoms with Gasteiger partial charge in [-0.1, -0.05) is 17.7 Å². The van der Waals surface area contributed by atoms with Gasteiger partial charge in [0, 0.05) is 24.2 Å². The Hall–Kier alpha value is -1.59.